The van der Waals surface area contributed by atoms with E-state index in [0.29, 0.717) is 12.0 Å². The molecule has 2 rings (SSSR count). The van der Waals surface area contributed by atoms with Crippen LogP contribution in [0.25, 0.3) is 0 Å². The summed E-state index contributed by atoms with van der Waals surface area (Å²) in [5, 5.41) is 0. The van der Waals surface area contributed by atoms with Gasteiger partial charge in [-0.05, 0) is 67.7 Å². The molecule has 1 aliphatic rings. The van der Waals surface area contributed by atoms with Gasteiger partial charge in [-0.15, -0.1) is 0 Å². The molecular formula is C17H27NO. The zero-order chi connectivity index (χ0) is 14.0. The summed E-state index contributed by atoms with van der Waals surface area (Å²) >= 11 is 0. The van der Waals surface area contributed by atoms with E-state index in [-0.39, 0.29) is 0 Å². The maximum absolute atomic E-state index is 6.39. The fraction of sp³-hybridized carbons (Fsp3) is 0.647. The zero-order valence-electron chi connectivity index (χ0n) is 12.7. The topological polar surface area (TPSA) is 35.2 Å². The van der Waals surface area contributed by atoms with Crippen LogP contribution >= 0.6 is 0 Å². The Hall–Kier alpha value is -1.02. The third-order valence-corrected chi connectivity index (χ3v) is 4.77. The monoisotopic (exact) mass is 261 g/mol. The number of hydrogen-bond donors (Lipinski definition) is 1. The lowest BCUT2D eigenvalue weighted by Crippen LogP contribution is -2.34. The van der Waals surface area contributed by atoms with E-state index in [4.69, 9.17) is 10.5 Å². The summed E-state index contributed by atoms with van der Waals surface area (Å²) < 4.78 is 5.41. The van der Waals surface area contributed by atoms with Crippen molar-refractivity contribution in [3.8, 4) is 5.75 Å². The van der Waals surface area contributed by atoms with Crippen LogP contribution in [0.2, 0.25) is 0 Å². The van der Waals surface area contributed by atoms with Gasteiger partial charge in [0.15, 0.2) is 0 Å². The zero-order valence-corrected chi connectivity index (χ0v) is 12.7. The van der Waals surface area contributed by atoms with Crippen molar-refractivity contribution >= 4 is 0 Å². The van der Waals surface area contributed by atoms with Gasteiger partial charge in [-0.1, -0.05) is 19.4 Å². The van der Waals surface area contributed by atoms with Gasteiger partial charge in [-0.3, -0.25) is 0 Å². The van der Waals surface area contributed by atoms with E-state index in [9.17, 15) is 0 Å². The summed E-state index contributed by atoms with van der Waals surface area (Å²) in [4.78, 5) is 0. The first kappa shape index (κ1) is 14.4. The summed E-state index contributed by atoms with van der Waals surface area (Å²) in [6.07, 6.45) is 4.97. The van der Waals surface area contributed by atoms with Crippen LogP contribution in [-0.2, 0) is 0 Å². The van der Waals surface area contributed by atoms with Crippen molar-refractivity contribution in [2.24, 2.45) is 11.7 Å². The molecule has 0 radical (unpaired) electrons. The Morgan fingerprint density at radius 2 is 1.95 bits per heavy atom. The molecule has 1 fully saturated rings. The Balaban J connectivity index is 2.31. The van der Waals surface area contributed by atoms with Crippen molar-refractivity contribution in [3.05, 3.63) is 28.8 Å². The minimum Gasteiger partial charge on any atom is -0.496 e. The SMILES string of the molecule is CCC1CCC(N)C(c2cc(C)c(OC)cc2C)C1. The van der Waals surface area contributed by atoms with Gasteiger partial charge < -0.3 is 10.5 Å². The minimum absolute atomic E-state index is 0.314. The molecule has 3 unspecified atom stereocenters. The van der Waals surface area contributed by atoms with Crippen molar-refractivity contribution in [3.63, 3.8) is 0 Å². The van der Waals surface area contributed by atoms with Crippen LogP contribution in [0, 0.1) is 19.8 Å². The first-order valence-corrected chi connectivity index (χ1v) is 7.47. The molecule has 1 aliphatic carbocycles. The highest BCUT2D eigenvalue weighted by Crippen LogP contribution is 2.39. The average molecular weight is 261 g/mol. The third kappa shape index (κ3) is 2.94. The van der Waals surface area contributed by atoms with Crippen molar-refractivity contribution < 1.29 is 4.74 Å². The Kier molecular flexibility index (Phi) is 4.51. The van der Waals surface area contributed by atoms with E-state index in [1.54, 1.807) is 7.11 Å². The van der Waals surface area contributed by atoms with Gasteiger partial charge in [-0.2, -0.15) is 0 Å². The maximum atomic E-state index is 6.39. The number of aryl methyl sites for hydroxylation is 2. The second-order valence-corrected chi connectivity index (χ2v) is 6.04. The van der Waals surface area contributed by atoms with Crippen LogP contribution in [0.1, 0.15) is 55.2 Å². The summed E-state index contributed by atoms with van der Waals surface area (Å²) in [6.45, 7) is 6.59. The van der Waals surface area contributed by atoms with E-state index in [0.717, 1.165) is 18.1 Å². The van der Waals surface area contributed by atoms with Gasteiger partial charge in [0.1, 0.15) is 5.75 Å². The van der Waals surface area contributed by atoms with Crippen molar-refractivity contribution in [1.29, 1.82) is 0 Å². The number of rotatable bonds is 3. The Labute approximate surface area is 117 Å². The number of ether oxygens (including phenoxy) is 1. The standard InChI is InChI=1S/C17H27NO/c1-5-13-6-7-16(18)15(10-13)14-8-12(3)17(19-4)9-11(14)2/h8-9,13,15-16H,5-7,10,18H2,1-4H3. The molecular weight excluding hydrogens is 234 g/mol. The van der Waals surface area contributed by atoms with Crippen LogP contribution in [0.3, 0.4) is 0 Å². The molecule has 106 valence electrons. The van der Waals surface area contributed by atoms with Gasteiger partial charge >= 0.3 is 0 Å². The largest absolute Gasteiger partial charge is 0.496 e. The second kappa shape index (κ2) is 5.96. The van der Waals surface area contributed by atoms with Crippen LogP contribution in [0.4, 0.5) is 0 Å². The van der Waals surface area contributed by atoms with Crippen molar-refractivity contribution in [1.82, 2.24) is 0 Å². The van der Waals surface area contributed by atoms with Crippen LogP contribution in [-0.4, -0.2) is 13.2 Å². The van der Waals surface area contributed by atoms with Crippen LogP contribution in [0.5, 0.6) is 5.75 Å². The molecule has 0 spiro atoms. The third-order valence-electron chi connectivity index (χ3n) is 4.77. The first-order chi connectivity index (χ1) is 9.06. The normalized spacial score (nSPS) is 27.3. The number of benzene rings is 1. The molecule has 0 aliphatic heterocycles. The van der Waals surface area contributed by atoms with E-state index >= 15 is 0 Å². The summed E-state index contributed by atoms with van der Waals surface area (Å²) in [5.74, 6) is 2.34. The Morgan fingerprint density at radius 3 is 2.58 bits per heavy atom. The lowest BCUT2D eigenvalue weighted by Gasteiger charge is -2.35. The minimum atomic E-state index is 0.314. The summed E-state index contributed by atoms with van der Waals surface area (Å²) in [7, 11) is 1.74. The van der Waals surface area contributed by atoms with E-state index < -0.39 is 0 Å². The van der Waals surface area contributed by atoms with Gasteiger partial charge in [0.2, 0.25) is 0 Å². The van der Waals surface area contributed by atoms with Crippen molar-refractivity contribution in [2.45, 2.75) is 58.4 Å². The quantitative estimate of drug-likeness (QED) is 0.894. The molecule has 0 amide bonds. The molecule has 1 aromatic carbocycles. The lowest BCUT2D eigenvalue weighted by molar-refractivity contribution is 0.282. The molecule has 2 heteroatoms. The van der Waals surface area contributed by atoms with E-state index in [2.05, 4.69) is 32.9 Å². The number of methoxy groups -OCH3 is 1. The highest BCUT2D eigenvalue weighted by molar-refractivity contribution is 5.43. The molecule has 0 heterocycles. The van der Waals surface area contributed by atoms with E-state index in [1.165, 1.54) is 36.0 Å². The van der Waals surface area contributed by atoms with Gasteiger partial charge in [0.05, 0.1) is 7.11 Å². The molecule has 0 saturated heterocycles. The van der Waals surface area contributed by atoms with Gasteiger partial charge in [0.25, 0.3) is 0 Å². The molecule has 2 nitrogen and oxygen atoms in total. The molecule has 3 atom stereocenters. The molecule has 0 bridgehead atoms. The average Bonchev–Trinajstić information content (AvgIpc) is 2.41. The van der Waals surface area contributed by atoms with Crippen LogP contribution < -0.4 is 10.5 Å². The van der Waals surface area contributed by atoms with Gasteiger partial charge in [-0.25, -0.2) is 0 Å². The molecule has 2 N–H and O–H groups in total. The summed E-state index contributed by atoms with van der Waals surface area (Å²) in [5.41, 5.74) is 10.4. The van der Waals surface area contributed by atoms with Gasteiger partial charge in [0, 0.05) is 6.04 Å². The predicted octanol–water partition coefficient (Wildman–Crippen LogP) is 3.93. The number of nitrogens with two attached hydrogens (primary N) is 1. The van der Waals surface area contributed by atoms with Crippen LogP contribution in [0.15, 0.2) is 12.1 Å². The summed E-state index contributed by atoms with van der Waals surface area (Å²) in [6, 6.07) is 4.76. The fourth-order valence-electron chi connectivity index (χ4n) is 3.44. The van der Waals surface area contributed by atoms with Crippen molar-refractivity contribution in [2.75, 3.05) is 7.11 Å². The van der Waals surface area contributed by atoms with E-state index in [1.807, 2.05) is 0 Å². The maximum Gasteiger partial charge on any atom is 0.122 e. The second-order valence-electron chi connectivity index (χ2n) is 6.04. The molecule has 0 aromatic heterocycles. The first-order valence-electron chi connectivity index (χ1n) is 7.47. The predicted molar refractivity (Wildman–Crippen MR) is 80.8 cm³/mol. The Morgan fingerprint density at radius 1 is 1.21 bits per heavy atom. The highest BCUT2D eigenvalue weighted by atomic mass is 16.5. The molecule has 1 aromatic rings. The number of hydrogen-bond acceptors (Lipinski definition) is 2. The molecule has 19 heavy (non-hydrogen) atoms. The highest BCUT2D eigenvalue weighted by Gasteiger charge is 2.29. The Bertz CT molecular complexity index is 441. The molecule has 1 saturated carbocycles. The lowest BCUT2D eigenvalue weighted by atomic mass is 9.73. The fourth-order valence-corrected chi connectivity index (χ4v) is 3.44. The smallest absolute Gasteiger partial charge is 0.122 e.